The molecule has 1 fully saturated rings. The second-order valence-electron chi connectivity index (χ2n) is 5.39. The third-order valence-electron chi connectivity index (χ3n) is 3.88. The number of rotatable bonds is 4. The van der Waals surface area contributed by atoms with Crippen LogP contribution in [0.15, 0.2) is 29.2 Å². The first-order chi connectivity index (χ1) is 9.45. The number of piperazine rings is 1. The lowest BCUT2D eigenvalue weighted by atomic mass is 10.3. The van der Waals surface area contributed by atoms with Crippen LogP contribution in [0.5, 0.6) is 5.75 Å². The van der Waals surface area contributed by atoms with Crippen molar-refractivity contribution < 1.29 is 18.1 Å². The zero-order valence-corrected chi connectivity index (χ0v) is 13.1. The SMILES string of the molecule is COc1ccc(S(=O)(=O)N2CC[NH+](C(C)C)CC2)cc1. The monoisotopic (exact) mass is 299 g/mol. The summed E-state index contributed by atoms with van der Waals surface area (Å²) in [5.41, 5.74) is 0. The summed E-state index contributed by atoms with van der Waals surface area (Å²) in [6, 6.07) is 7.12. The Morgan fingerprint density at radius 3 is 2.15 bits per heavy atom. The Balaban J connectivity index is 2.11. The van der Waals surface area contributed by atoms with Gasteiger partial charge in [0.15, 0.2) is 0 Å². The first kappa shape index (κ1) is 15.3. The second-order valence-corrected chi connectivity index (χ2v) is 7.33. The molecule has 112 valence electrons. The lowest BCUT2D eigenvalue weighted by molar-refractivity contribution is -0.924. The van der Waals surface area contributed by atoms with Gasteiger partial charge in [-0.05, 0) is 38.1 Å². The van der Waals surface area contributed by atoms with E-state index < -0.39 is 10.0 Å². The molecular formula is C14H23N2O3S+. The fourth-order valence-corrected chi connectivity index (χ4v) is 3.93. The Morgan fingerprint density at radius 1 is 1.15 bits per heavy atom. The summed E-state index contributed by atoms with van der Waals surface area (Å²) in [7, 11) is -1.80. The van der Waals surface area contributed by atoms with Gasteiger partial charge < -0.3 is 9.64 Å². The van der Waals surface area contributed by atoms with Crippen molar-refractivity contribution in [2.75, 3.05) is 33.3 Å². The van der Waals surface area contributed by atoms with Gasteiger partial charge >= 0.3 is 0 Å². The van der Waals surface area contributed by atoms with E-state index in [0.29, 0.717) is 29.8 Å². The molecule has 1 heterocycles. The summed E-state index contributed by atoms with van der Waals surface area (Å²) in [4.78, 5) is 1.80. The molecule has 1 saturated heterocycles. The highest BCUT2D eigenvalue weighted by Gasteiger charge is 2.31. The third-order valence-corrected chi connectivity index (χ3v) is 5.79. The quantitative estimate of drug-likeness (QED) is 0.851. The fraction of sp³-hybridized carbons (Fsp3) is 0.571. The van der Waals surface area contributed by atoms with Crippen LogP contribution in [0.2, 0.25) is 0 Å². The fourth-order valence-electron chi connectivity index (χ4n) is 2.49. The molecule has 0 atom stereocenters. The number of hydrogen-bond donors (Lipinski definition) is 1. The summed E-state index contributed by atoms with van der Waals surface area (Å²) in [5.74, 6) is 0.665. The standard InChI is InChI=1S/C14H22N2O3S/c1-12(2)15-8-10-16(11-9-15)20(17,18)14-6-4-13(19-3)5-7-14/h4-7,12H,8-11H2,1-3H3/p+1. The molecule has 1 aliphatic rings. The smallest absolute Gasteiger partial charge is 0.243 e. The van der Waals surface area contributed by atoms with Gasteiger partial charge in [0.2, 0.25) is 10.0 Å². The predicted octanol–water partition coefficient (Wildman–Crippen LogP) is -0.00720. The van der Waals surface area contributed by atoms with Gasteiger partial charge in [0.05, 0.1) is 44.2 Å². The zero-order chi connectivity index (χ0) is 14.8. The molecular weight excluding hydrogens is 276 g/mol. The van der Waals surface area contributed by atoms with E-state index in [9.17, 15) is 8.42 Å². The van der Waals surface area contributed by atoms with Crippen LogP contribution in [-0.2, 0) is 10.0 Å². The average Bonchev–Trinajstić information content (AvgIpc) is 2.47. The number of methoxy groups -OCH3 is 1. The minimum atomic E-state index is -3.37. The minimum absolute atomic E-state index is 0.339. The van der Waals surface area contributed by atoms with Crippen LogP contribution in [0.25, 0.3) is 0 Å². The molecule has 1 aliphatic heterocycles. The number of nitrogens with zero attached hydrogens (tertiary/aromatic N) is 1. The number of quaternary nitrogens is 1. The summed E-state index contributed by atoms with van der Waals surface area (Å²) >= 11 is 0. The number of benzene rings is 1. The molecule has 1 aromatic carbocycles. The van der Waals surface area contributed by atoms with E-state index in [2.05, 4.69) is 13.8 Å². The highest BCUT2D eigenvalue weighted by atomic mass is 32.2. The first-order valence-corrected chi connectivity index (χ1v) is 8.38. The minimum Gasteiger partial charge on any atom is -0.497 e. The van der Waals surface area contributed by atoms with Gasteiger partial charge in [-0.15, -0.1) is 0 Å². The van der Waals surface area contributed by atoms with Gasteiger partial charge in [-0.1, -0.05) is 0 Å². The zero-order valence-electron chi connectivity index (χ0n) is 12.3. The van der Waals surface area contributed by atoms with Crippen molar-refractivity contribution in [3.8, 4) is 5.75 Å². The number of nitrogens with one attached hydrogen (secondary N) is 1. The molecule has 0 saturated carbocycles. The second kappa shape index (κ2) is 6.11. The summed E-state index contributed by atoms with van der Waals surface area (Å²) in [5, 5.41) is 0. The van der Waals surface area contributed by atoms with Gasteiger partial charge in [-0.2, -0.15) is 4.31 Å². The maximum absolute atomic E-state index is 12.5. The molecule has 2 rings (SSSR count). The summed E-state index contributed by atoms with van der Waals surface area (Å²) < 4.78 is 31.7. The number of ether oxygens (including phenoxy) is 1. The van der Waals surface area contributed by atoms with E-state index >= 15 is 0 Å². The molecule has 0 unspecified atom stereocenters. The third kappa shape index (κ3) is 3.13. The Labute approximate surface area is 121 Å². The average molecular weight is 299 g/mol. The van der Waals surface area contributed by atoms with Crippen LogP contribution < -0.4 is 9.64 Å². The van der Waals surface area contributed by atoms with E-state index in [1.807, 2.05) is 0 Å². The van der Waals surface area contributed by atoms with E-state index in [1.54, 1.807) is 35.7 Å². The Morgan fingerprint density at radius 2 is 1.70 bits per heavy atom. The van der Waals surface area contributed by atoms with E-state index in [0.717, 1.165) is 13.1 Å². The molecule has 0 aromatic heterocycles. The molecule has 1 aromatic rings. The van der Waals surface area contributed by atoms with Crippen LogP contribution in [0, 0.1) is 0 Å². The Kier molecular flexibility index (Phi) is 4.67. The summed E-state index contributed by atoms with van der Waals surface area (Å²) in [6.45, 7) is 7.25. The molecule has 20 heavy (non-hydrogen) atoms. The first-order valence-electron chi connectivity index (χ1n) is 6.94. The molecule has 0 amide bonds. The summed E-state index contributed by atoms with van der Waals surface area (Å²) in [6.07, 6.45) is 0. The molecule has 0 bridgehead atoms. The maximum atomic E-state index is 12.5. The van der Waals surface area contributed by atoms with Gasteiger partial charge in [-0.25, -0.2) is 8.42 Å². The lowest BCUT2D eigenvalue weighted by Crippen LogP contribution is -3.17. The molecule has 5 nitrogen and oxygen atoms in total. The van der Waals surface area contributed by atoms with Crippen molar-refractivity contribution in [1.29, 1.82) is 0 Å². The number of hydrogen-bond acceptors (Lipinski definition) is 3. The normalized spacial score (nSPS) is 18.4. The van der Waals surface area contributed by atoms with Crippen LogP contribution >= 0.6 is 0 Å². The van der Waals surface area contributed by atoms with Crippen LogP contribution in [0.4, 0.5) is 0 Å². The number of sulfonamides is 1. The van der Waals surface area contributed by atoms with E-state index in [-0.39, 0.29) is 0 Å². The van der Waals surface area contributed by atoms with E-state index in [1.165, 1.54) is 4.90 Å². The van der Waals surface area contributed by atoms with Crippen molar-refractivity contribution in [2.24, 2.45) is 0 Å². The predicted molar refractivity (Wildman–Crippen MR) is 77.6 cm³/mol. The molecule has 0 radical (unpaired) electrons. The maximum Gasteiger partial charge on any atom is 0.243 e. The molecule has 0 aliphatic carbocycles. The highest BCUT2D eigenvalue weighted by molar-refractivity contribution is 7.89. The van der Waals surface area contributed by atoms with Crippen LogP contribution in [-0.4, -0.2) is 52.1 Å². The topological polar surface area (TPSA) is 51.1 Å². The van der Waals surface area contributed by atoms with Crippen molar-refractivity contribution in [3.05, 3.63) is 24.3 Å². The van der Waals surface area contributed by atoms with Crippen molar-refractivity contribution in [3.63, 3.8) is 0 Å². The molecule has 6 heteroatoms. The highest BCUT2D eigenvalue weighted by Crippen LogP contribution is 2.19. The van der Waals surface area contributed by atoms with Crippen molar-refractivity contribution in [2.45, 2.75) is 24.8 Å². The van der Waals surface area contributed by atoms with E-state index in [4.69, 9.17) is 4.74 Å². The van der Waals surface area contributed by atoms with Crippen LogP contribution in [0.1, 0.15) is 13.8 Å². The van der Waals surface area contributed by atoms with Gasteiger partial charge in [-0.3, -0.25) is 0 Å². The van der Waals surface area contributed by atoms with Gasteiger partial charge in [0.1, 0.15) is 5.75 Å². The van der Waals surface area contributed by atoms with Crippen molar-refractivity contribution in [1.82, 2.24) is 4.31 Å². The van der Waals surface area contributed by atoms with Gasteiger partial charge in [0, 0.05) is 0 Å². The Bertz CT molecular complexity index is 532. The largest absolute Gasteiger partial charge is 0.497 e. The van der Waals surface area contributed by atoms with Crippen LogP contribution in [0.3, 0.4) is 0 Å². The van der Waals surface area contributed by atoms with Crippen molar-refractivity contribution >= 4 is 10.0 Å². The molecule has 0 spiro atoms. The Hall–Kier alpha value is -1.11. The van der Waals surface area contributed by atoms with Gasteiger partial charge in [0.25, 0.3) is 0 Å². The lowest BCUT2D eigenvalue weighted by Gasteiger charge is -2.33. The molecule has 1 N–H and O–H groups in total.